The van der Waals surface area contributed by atoms with Gasteiger partial charge in [-0.25, -0.2) is 0 Å². The van der Waals surface area contributed by atoms with E-state index in [2.05, 4.69) is 15.9 Å². The fourth-order valence-electron chi connectivity index (χ4n) is 2.75. The molecule has 0 spiro atoms. The Balaban J connectivity index is 2.18. The van der Waals surface area contributed by atoms with E-state index in [1.165, 1.54) is 0 Å². The summed E-state index contributed by atoms with van der Waals surface area (Å²) in [5.41, 5.74) is 8.67. The van der Waals surface area contributed by atoms with Gasteiger partial charge in [-0.15, -0.1) is 0 Å². The van der Waals surface area contributed by atoms with E-state index in [9.17, 15) is 5.11 Å². The molecule has 2 aromatic rings. The Labute approximate surface area is 126 Å². The van der Waals surface area contributed by atoms with Gasteiger partial charge in [0.25, 0.3) is 0 Å². The maximum absolute atomic E-state index is 10.5. The van der Waals surface area contributed by atoms with E-state index in [0.717, 1.165) is 15.6 Å². The van der Waals surface area contributed by atoms with E-state index in [0.29, 0.717) is 24.5 Å². The van der Waals surface area contributed by atoms with Crippen molar-refractivity contribution in [3.8, 4) is 5.75 Å². The molecule has 2 aromatic carbocycles. The van der Waals surface area contributed by atoms with Gasteiger partial charge in [-0.2, -0.15) is 0 Å². The maximum Gasteiger partial charge on any atom is 0.146 e. The highest BCUT2D eigenvalue weighted by molar-refractivity contribution is 9.10. The van der Waals surface area contributed by atoms with E-state index < -0.39 is 6.10 Å². The van der Waals surface area contributed by atoms with Crippen LogP contribution in [-0.4, -0.2) is 17.8 Å². The van der Waals surface area contributed by atoms with E-state index >= 15 is 0 Å². The fraction of sp³-hybridized carbons (Fsp3) is 0.250. The first kappa shape index (κ1) is 13.5. The van der Waals surface area contributed by atoms with Gasteiger partial charge in [-0.05, 0) is 17.7 Å². The number of nitrogens with two attached hydrogens (primary N) is 1. The van der Waals surface area contributed by atoms with Crippen LogP contribution in [0.1, 0.15) is 23.5 Å². The molecule has 2 atom stereocenters. The molecule has 0 radical (unpaired) electrons. The van der Waals surface area contributed by atoms with Crippen molar-refractivity contribution in [3.05, 3.63) is 58.1 Å². The highest BCUT2D eigenvalue weighted by Gasteiger charge is 2.30. The smallest absolute Gasteiger partial charge is 0.146 e. The first-order valence-corrected chi connectivity index (χ1v) is 7.41. The lowest BCUT2D eigenvalue weighted by Crippen LogP contribution is -2.19. The summed E-state index contributed by atoms with van der Waals surface area (Å²) in [7, 11) is 0. The van der Waals surface area contributed by atoms with Crippen LogP contribution < -0.4 is 10.5 Å². The molecule has 0 saturated heterocycles. The summed E-state index contributed by atoms with van der Waals surface area (Å²) in [6.45, 7) is 0.476. The van der Waals surface area contributed by atoms with Crippen LogP contribution in [0.4, 0.5) is 5.69 Å². The summed E-state index contributed by atoms with van der Waals surface area (Å²) in [6.07, 6.45) is 0.109. The molecule has 0 amide bonds. The van der Waals surface area contributed by atoms with Crippen LogP contribution in [0.5, 0.6) is 5.75 Å². The summed E-state index contributed by atoms with van der Waals surface area (Å²) >= 11 is 3.47. The van der Waals surface area contributed by atoms with Gasteiger partial charge in [0.1, 0.15) is 5.75 Å². The van der Waals surface area contributed by atoms with Gasteiger partial charge in [0.05, 0.1) is 18.4 Å². The van der Waals surface area contributed by atoms with Crippen molar-refractivity contribution in [2.45, 2.75) is 18.4 Å². The molecule has 4 heteroatoms. The Morgan fingerprint density at radius 1 is 1.20 bits per heavy atom. The molecule has 1 aliphatic rings. The van der Waals surface area contributed by atoms with Gasteiger partial charge in [-0.3, -0.25) is 0 Å². The average Bonchev–Trinajstić information content (AvgIpc) is 2.58. The van der Waals surface area contributed by atoms with Crippen molar-refractivity contribution >= 4 is 21.6 Å². The second-order valence-corrected chi connectivity index (χ2v) is 5.92. The van der Waals surface area contributed by atoms with Crippen molar-refractivity contribution in [1.82, 2.24) is 0 Å². The summed E-state index contributed by atoms with van der Waals surface area (Å²) in [4.78, 5) is 0. The number of hydrogen-bond acceptors (Lipinski definition) is 3. The summed E-state index contributed by atoms with van der Waals surface area (Å²) < 4.78 is 6.65. The zero-order valence-electron chi connectivity index (χ0n) is 10.9. The molecular weight excluding hydrogens is 318 g/mol. The molecular formula is C16H16BrNO2. The minimum absolute atomic E-state index is 0.117. The second kappa shape index (κ2) is 5.46. The Morgan fingerprint density at radius 2 is 1.95 bits per heavy atom. The molecule has 20 heavy (non-hydrogen) atoms. The molecule has 104 valence electrons. The fourth-order valence-corrected chi connectivity index (χ4v) is 3.25. The number of rotatable bonds is 1. The lowest BCUT2D eigenvalue weighted by molar-refractivity contribution is 0.136. The second-order valence-electron chi connectivity index (χ2n) is 5.01. The number of halogens is 1. The highest BCUT2D eigenvalue weighted by atomic mass is 79.9. The lowest BCUT2D eigenvalue weighted by Gasteiger charge is -2.22. The van der Waals surface area contributed by atoms with Crippen LogP contribution in [0, 0.1) is 0 Å². The van der Waals surface area contributed by atoms with Crippen LogP contribution in [0.3, 0.4) is 0 Å². The molecule has 3 rings (SSSR count). The SMILES string of the molecule is Nc1cc(Br)cc2c1OCCC(O)C2c1ccccc1. The van der Waals surface area contributed by atoms with Crippen molar-refractivity contribution in [2.24, 2.45) is 0 Å². The molecule has 0 aromatic heterocycles. The predicted octanol–water partition coefficient (Wildman–Crippen LogP) is 3.31. The third-order valence-electron chi connectivity index (χ3n) is 3.65. The van der Waals surface area contributed by atoms with Gasteiger partial charge < -0.3 is 15.6 Å². The molecule has 3 nitrogen and oxygen atoms in total. The molecule has 1 heterocycles. The van der Waals surface area contributed by atoms with Crippen LogP contribution in [0.2, 0.25) is 0 Å². The van der Waals surface area contributed by atoms with Crippen molar-refractivity contribution < 1.29 is 9.84 Å². The first-order valence-electron chi connectivity index (χ1n) is 6.61. The van der Waals surface area contributed by atoms with Crippen molar-refractivity contribution in [1.29, 1.82) is 0 Å². The molecule has 0 aliphatic carbocycles. The first-order chi connectivity index (χ1) is 9.66. The van der Waals surface area contributed by atoms with Crippen molar-refractivity contribution in [3.63, 3.8) is 0 Å². The Hall–Kier alpha value is -1.52. The Morgan fingerprint density at radius 3 is 2.70 bits per heavy atom. The molecule has 2 unspecified atom stereocenters. The third kappa shape index (κ3) is 2.41. The zero-order valence-corrected chi connectivity index (χ0v) is 12.5. The van der Waals surface area contributed by atoms with E-state index in [1.807, 2.05) is 42.5 Å². The maximum atomic E-state index is 10.5. The topological polar surface area (TPSA) is 55.5 Å². The van der Waals surface area contributed by atoms with Gasteiger partial charge >= 0.3 is 0 Å². The summed E-state index contributed by atoms with van der Waals surface area (Å²) in [6, 6.07) is 13.8. The van der Waals surface area contributed by atoms with Crippen LogP contribution >= 0.6 is 15.9 Å². The number of ether oxygens (including phenoxy) is 1. The van der Waals surface area contributed by atoms with Gasteiger partial charge in [0.15, 0.2) is 0 Å². The highest BCUT2D eigenvalue weighted by Crippen LogP contribution is 2.42. The molecule has 3 N–H and O–H groups in total. The van der Waals surface area contributed by atoms with Gasteiger partial charge in [0.2, 0.25) is 0 Å². The number of aliphatic hydroxyl groups excluding tert-OH is 1. The standard InChI is InChI=1S/C16H16BrNO2/c17-11-8-12-15(10-4-2-1-3-5-10)14(19)6-7-20-16(12)13(18)9-11/h1-5,8-9,14-15,19H,6-7,18H2. The largest absolute Gasteiger partial charge is 0.491 e. The van der Waals surface area contributed by atoms with Crippen LogP contribution in [0.25, 0.3) is 0 Å². The number of aliphatic hydroxyl groups is 1. The molecule has 0 fully saturated rings. The molecule has 0 saturated carbocycles. The number of fused-ring (bicyclic) bond motifs is 1. The van der Waals surface area contributed by atoms with Crippen molar-refractivity contribution in [2.75, 3.05) is 12.3 Å². The van der Waals surface area contributed by atoms with Crippen LogP contribution in [0.15, 0.2) is 46.9 Å². The molecule has 0 bridgehead atoms. The minimum Gasteiger partial charge on any atom is -0.491 e. The third-order valence-corrected chi connectivity index (χ3v) is 4.11. The Kier molecular flexibility index (Phi) is 3.68. The number of hydrogen-bond donors (Lipinski definition) is 2. The summed E-state index contributed by atoms with van der Waals surface area (Å²) in [5, 5.41) is 10.5. The van der Waals surface area contributed by atoms with E-state index in [1.54, 1.807) is 0 Å². The van der Waals surface area contributed by atoms with E-state index in [4.69, 9.17) is 10.5 Å². The lowest BCUT2D eigenvalue weighted by atomic mass is 9.85. The monoisotopic (exact) mass is 333 g/mol. The minimum atomic E-state index is -0.479. The molecule has 1 aliphatic heterocycles. The summed E-state index contributed by atoms with van der Waals surface area (Å²) in [5.74, 6) is 0.576. The quantitative estimate of drug-likeness (QED) is 0.787. The normalized spacial score (nSPS) is 21.7. The van der Waals surface area contributed by atoms with Gasteiger partial charge in [-0.1, -0.05) is 46.3 Å². The van der Waals surface area contributed by atoms with Crippen LogP contribution in [-0.2, 0) is 0 Å². The van der Waals surface area contributed by atoms with E-state index in [-0.39, 0.29) is 5.92 Å². The number of nitrogen functional groups attached to an aromatic ring is 1. The average molecular weight is 334 g/mol. The zero-order chi connectivity index (χ0) is 14.1. The predicted molar refractivity (Wildman–Crippen MR) is 83.0 cm³/mol. The number of benzene rings is 2. The van der Waals surface area contributed by atoms with Gasteiger partial charge in [0, 0.05) is 22.4 Å². The number of anilines is 1. The Bertz CT molecular complexity index is 615.